The van der Waals surface area contributed by atoms with Crippen molar-refractivity contribution in [2.75, 3.05) is 7.11 Å². The van der Waals surface area contributed by atoms with Crippen LogP contribution in [-0.2, 0) is 4.79 Å². The van der Waals surface area contributed by atoms with Gasteiger partial charge in [0.1, 0.15) is 5.75 Å². The van der Waals surface area contributed by atoms with E-state index in [0.717, 1.165) is 0 Å². The molecule has 6 nitrogen and oxygen atoms in total. The van der Waals surface area contributed by atoms with Crippen molar-refractivity contribution in [3.8, 4) is 17.2 Å². The normalized spacial score (nSPS) is 11.4. The number of carboxylic acids is 1. The minimum absolute atomic E-state index is 0.0357. The Bertz CT molecular complexity index is 710. The van der Waals surface area contributed by atoms with Crippen molar-refractivity contribution < 1.29 is 28.9 Å². The summed E-state index contributed by atoms with van der Waals surface area (Å²) in [7, 11) is 1.50. The second-order valence-electron chi connectivity index (χ2n) is 4.67. The van der Waals surface area contributed by atoms with E-state index in [1.807, 2.05) is 0 Å². The average Bonchev–Trinajstić information content (AvgIpc) is 2.55. The molecule has 2 rings (SSSR count). The predicted molar refractivity (Wildman–Crippen MR) is 82.1 cm³/mol. The molecule has 2 aromatic rings. The summed E-state index contributed by atoms with van der Waals surface area (Å²) in [4.78, 5) is 23.0. The third-order valence-electron chi connectivity index (χ3n) is 3.00. The lowest BCUT2D eigenvalue weighted by atomic mass is 10.2. The maximum Gasteiger partial charge on any atom is 0.352 e. The topological polar surface area (TPSA) is 82.1 Å². The molecule has 0 spiro atoms. The number of hydrogen-bond acceptors (Lipinski definition) is 5. The number of benzene rings is 2. The summed E-state index contributed by atoms with van der Waals surface area (Å²) in [6.07, 6.45) is -0.889. The van der Waals surface area contributed by atoms with Crippen molar-refractivity contribution in [1.29, 1.82) is 0 Å². The number of esters is 1. The standard InChI is InChI=1S/C17H16O6/c1-11(22-15-9-4-3-8-14(15)21-2)17(20)23-13-7-5-6-12(10-13)16(18)19/h3-11H,1-2H3,(H,18,19). The third-order valence-corrected chi connectivity index (χ3v) is 3.00. The second-order valence-corrected chi connectivity index (χ2v) is 4.67. The van der Waals surface area contributed by atoms with E-state index in [1.54, 1.807) is 24.3 Å². The van der Waals surface area contributed by atoms with Gasteiger partial charge in [-0.05, 0) is 37.3 Å². The summed E-state index contributed by atoms with van der Waals surface area (Å²) in [5.41, 5.74) is 0.0357. The van der Waals surface area contributed by atoms with E-state index in [-0.39, 0.29) is 11.3 Å². The molecule has 2 aromatic carbocycles. The molecule has 23 heavy (non-hydrogen) atoms. The van der Waals surface area contributed by atoms with Crippen LogP contribution in [0.5, 0.6) is 17.2 Å². The van der Waals surface area contributed by atoms with Crippen molar-refractivity contribution in [2.45, 2.75) is 13.0 Å². The first-order valence-electron chi connectivity index (χ1n) is 6.86. The first-order chi connectivity index (χ1) is 11.0. The molecule has 0 aliphatic carbocycles. The largest absolute Gasteiger partial charge is 0.493 e. The van der Waals surface area contributed by atoms with E-state index < -0.39 is 18.0 Å². The molecule has 0 aliphatic rings. The molecular formula is C17H16O6. The molecule has 0 aliphatic heterocycles. The van der Waals surface area contributed by atoms with Crippen molar-refractivity contribution in [3.63, 3.8) is 0 Å². The maximum atomic E-state index is 12.1. The Kier molecular flexibility index (Phi) is 5.19. The van der Waals surface area contributed by atoms with Gasteiger partial charge in [-0.25, -0.2) is 9.59 Å². The first-order valence-corrected chi connectivity index (χ1v) is 6.86. The van der Waals surface area contributed by atoms with Gasteiger partial charge in [-0.1, -0.05) is 18.2 Å². The van der Waals surface area contributed by atoms with Gasteiger partial charge in [0.15, 0.2) is 17.6 Å². The zero-order valence-corrected chi connectivity index (χ0v) is 12.7. The molecule has 0 saturated carbocycles. The van der Waals surface area contributed by atoms with E-state index >= 15 is 0 Å². The molecule has 0 aromatic heterocycles. The molecule has 6 heteroatoms. The van der Waals surface area contributed by atoms with Crippen LogP contribution in [0, 0.1) is 0 Å². The van der Waals surface area contributed by atoms with Crippen molar-refractivity contribution in [1.82, 2.24) is 0 Å². The lowest BCUT2D eigenvalue weighted by molar-refractivity contribution is -0.141. The number of para-hydroxylation sites is 2. The number of carbonyl (C=O) groups excluding carboxylic acids is 1. The molecule has 1 atom stereocenters. The van der Waals surface area contributed by atoms with E-state index in [0.29, 0.717) is 11.5 Å². The number of aromatic carboxylic acids is 1. The van der Waals surface area contributed by atoms with Crippen LogP contribution in [-0.4, -0.2) is 30.3 Å². The second kappa shape index (κ2) is 7.31. The van der Waals surface area contributed by atoms with Gasteiger partial charge in [0.05, 0.1) is 12.7 Å². The van der Waals surface area contributed by atoms with Gasteiger partial charge in [-0.15, -0.1) is 0 Å². The fourth-order valence-electron chi connectivity index (χ4n) is 1.85. The lowest BCUT2D eigenvalue weighted by Crippen LogP contribution is -2.28. The zero-order valence-electron chi connectivity index (χ0n) is 12.7. The van der Waals surface area contributed by atoms with Crippen LogP contribution in [0.4, 0.5) is 0 Å². The molecule has 1 unspecified atom stereocenters. The number of methoxy groups -OCH3 is 1. The Morgan fingerprint density at radius 2 is 1.74 bits per heavy atom. The SMILES string of the molecule is COc1ccccc1OC(C)C(=O)Oc1cccc(C(=O)O)c1. The number of carbonyl (C=O) groups is 2. The van der Waals surface area contributed by atoms with E-state index in [1.165, 1.54) is 38.3 Å². The van der Waals surface area contributed by atoms with Gasteiger partial charge < -0.3 is 19.3 Å². The molecular weight excluding hydrogens is 300 g/mol. The fraction of sp³-hybridized carbons (Fsp3) is 0.176. The number of rotatable bonds is 6. The smallest absolute Gasteiger partial charge is 0.352 e. The van der Waals surface area contributed by atoms with Gasteiger partial charge >= 0.3 is 11.9 Å². The summed E-state index contributed by atoms with van der Waals surface area (Å²) < 4.78 is 15.8. The molecule has 0 fully saturated rings. The summed E-state index contributed by atoms with van der Waals surface area (Å²) in [6, 6.07) is 12.6. The number of ether oxygens (including phenoxy) is 3. The van der Waals surface area contributed by atoms with Crippen molar-refractivity contribution in [3.05, 3.63) is 54.1 Å². The number of hydrogen-bond donors (Lipinski definition) is 1. The quantitative estimate of drug-likeness (QED) is 0.652. The Hall–Kier alpha value is -3.02. The molecule has 0 radical (unpaired) electrons. The highest BCUT2D eigenvalue weighted by atomic mass is 16.6. The summed E-state index contributed by atoms with van der Waals surface area (Å²) in [6.45, 7) is 1.54. The molecule has 0 amide bonds. The minimum atomic E-state index is -1.10. The van der Waals surface area contributed by atoms with Crippen molar-refractivity contribution in [2.24, 2.45) is 0 Å². The number of carboxylic acid groups (broad SMARTS) is 1. The Morgan fingerprint density at radius 1 is 1.04 bits per heavy atom. The van der Waals surface area contributed by atoms with E-state index in [2.05, 4.69) is 0 Å². The Balaban J connectivity index is 2.05. The van der Waals surface area contributed by atoms with E-state index in [9.17, 15) is 9.59 Å². The lowest BCUT2D eigenvalue weighted by Gasteiger charge is -2.15. The molecule has 0 bridgehead atoms. The highest BCUT2D eigenvalue weighted by molar-refractivity contribution is 5.88. The average molecular weight is 316 g/mol. The van der Waals surface area contributed by atoms with Crippen LogP contribution in [0.25, 0.3) is 0 Å². The zero-order chi connectivity index (χ0) is 16.8. The molecule has 0 saturated heterocycles. The summed E-state index contributed by atoms with van der Waals surface area (Å²) in [5, 5.41) is 8.93. The van der Waals surface area contributed by atoms with Crippen molar-refractivity contribution >= 4 is 11.9 Å². The first kappa shape index (κ1) is 16.4. The van der Waals surface area contributed by atoms with Crippen LogP contribution in [0.2, 0.25) is 0 Å². The fourth-order valence-corrected chi connectivity index (χ4v) is 1.85. The van der Waals surface area contributed by atoms with Crippen LogP contribution in [0.15, 0.2) is 48.5 Å². The van der Waals surface area contributed by atoms with Crippen LogP contribution < -0.4 is 14.2 Å². The van der Waals surface area contributed by atoms with Crippen LogP contribution in [0.3, 0.4) is 0 Å². The monoisotopic (exact) mass is 316 g/mol. The molecule has 1 N–H and O–H groups in total. The predicted octanol–water partition coefficient (Wildman–Crippen LogP) is 2.77. The Labute approximate surface area is 133 Å². The van der Waals surface area contributed by atoms with Gasteiger partial charge in [0.25, 0.3) is 0 Å². The maximum absolute atomic E-state index is 12.1. The summed E-state index contributed by atoms with van der Waals surface area (Å²) in [5.74, 6) is -0.677. The van der Waals surface area contributed by atoms with E-state index in [4.69, 9.17) is 19.3 Å². The van der Waals surface area contributed by atoms with Crippen LogP contribution in [0.1, 0.15) is 17.3 Å². The van der Waals surface area contributed by atoms with Gasteiger partial charge in [0.2, 0.25) is 0 Å². The minimum Gasteiger partial charge on any atom is -0.493 e. The molecule has 120 valence electrons. The van der Waals surface area contributed by atoms with Gasteiger partial charge in [0, 0.05) is 0 Å². The highest BCUT2D eigenvalue weighted by Gasteiger charge is 2.19. The molecule has 0 heterocycles. The highest BCUT2D eigenvalue weighted by Crippen LogP contribution is 2.27. The van der Waals surface area contributed by atoms with Gasteiger partial charge in [-0.2, -0.15) is 0 Å². The Morgan fingerprint density at radius 3 is 2.39 bits per heavy atom. The van der Waals surface area contributed by atoms with Gasteiger partial charge in [-0.3, -0.25) is 0 Å². The third kappa shape index (κ3) is 4.23. The summed E-state index contributed by atoms with van der Waals surface area (Å²) >= 11 is 0. The van der Waals surface area contributed by atoms with Crippen LogP contribution >= 0.6 is 0 Å².